The van der Waals surface area contributed by atoms with E-state index in [2.05, 4.69) is 5.32 Å². The van der Waals surface area contributed by atoms with Crippen LogP contribution < -0.4 is 10.1 Å². The Kier molecular flexibility index (Phi) is 6.11. The molecule has 1 amide bonds. The molecule has 6 heteroatoms. The highest BCUT2D eigenvalue weighted by Crippen LogP contribution is 2.25. The molecule has 144 valence electrons. The number of phenolic OH excluding ortho intramolecular Hbond substituents is 1. The number of para-hydroxylation sites is 1. The number of nitrogens with one attached hydrogen (secondary N) is 1. The lowest BCUT2D eigenvalue weighted by molar-refractivity contribution is -0.124. The van der Waals surface area contributed by atoms with Gasteiger partial charge in [0.2, 0.25) is 0 Å². The van der Waals surface area contributed by atoms with Crippen molar-refractivity contribution in [1.82, 2.24) is 5.32 Å². The summed E-state index contributed by atoms with van der Waals surface area (Å²) >= 11 is 0. The third-order valence-electron chi connectivity index (χ3n) is 4.33. The van der Waals surface area contributed by atoms with E-state index in [0.717, 1.165) is 22.1 Å². The second-order valence-electron chi connectivity index (χ2n) is 6.20. The van der Waals surface area contributed by atoms with Gasteiger partial charge in [0.1, 0.15) is 17.1 Å². The summed E-state index contributed by atoms with van der Waals surface area (Å²) in [6.45, 7) is -0.0327. The Morgan fingerprint density at radius 3 is 2.43 bits per heavy atom. The first-order valence-corrected chi connectivity index (χ1v) is 8.86. The van der Waals surface area contributed by atoms with Crippen molar-refractivity contribution in [3.8, 4) is 11.5 Å². The SMILES string of the molecule is COc1ccccc1CCNC(=O)COC(=O)c1cc2ccccc2cc1O. The number of benzene rings is 3. The van der Waals surface area contributed by atoms with Crippen LogP contribution >= 0.6 is 0 Å². The van der Waals surface area contributed by atoms with E-state index in [1.54, 1.807) is 13.2 Å². The average Bonchev–Trinajstić information content (AvgIpc) is 2.71. The molecule has 0 saturated carbocycles. The Labute approximate surface area is 162 Å². The van der Waals surface area contributed by atoms with Gasteiger partial charge < -0.3 is 19.9 Å². The summed E-state index contributed by atoms with van der Waals surface area (Å²) in [4.78, 5) is 24.2. The van der Waals surface area contributed by atoms with Gasteiger partial charge in [0, 0.05) is 6.54 Å². The molecule has 2 N–H and O–H groups in total. The van der Waals surface area contributed by atoms with Crippen LogP contribution in [0.15, 0.2) is 60.7 Å². The number of esters is 1. The maximum Gasteiger partial charge on any atom is 0.342 e. The first kappa shape index (κ1) is 19.2. The molecule has 0 aliphatic rings. The number of hydrogen-bond acceptors (Lipinski definition) is 5. The summed E-state index contributed by atoms with van der Waals surface area (Å²) in [5.74, 6) is -0.582. The van der Waals surface area contributed by atoms with Crippen molar-refractivity contribution in [1.29, 1.82) is 0 Å². The maximum atomic E-state index is 12.2. The van der Waals surface area contributed by atoms with Gasteiger partial charge in [0.05, 0.1) is 7.11 Å². The van der Waals surface area contributed by atoms with E-state index in [1.165, 1.54) is 6.07 Å². The lowest BCUT2D eigenvalue weighted by atomic mass is 10.1. The number of methoxy groups -OCH3 is 1. The van der Waals surface area contributed by atoms with Gasteiger partial charge in [-0.3, -0.25) is 4.79 Å². The van der Waals surface area contributed by atoms with Crippen LogP contribution in [0.25, 0.3) is 10.8 Å². The standard InChI is InChI=1S/C22H21NO5/c1-27-20-9-5-4-6-15(20)10-11-23-21(25)14-28-22(26)18-12-16-7-2-3-8-17(16)13-19(18)24/h2-9,12-13,24H,10-11,14H2,1H3,(H,23,25). The summed E-state index contributed by atoms with van der Waals surface area (Å²) < 4.78 is 10.3. The highest BCUT2D eigenvalue weighted by atomic mass is 16.5. The maximum absolute atomic E-state index is 12.2. The summed E-state index contributed by atoms with van der Waals surface area (Å²) in [6, 6.07) is 17.9. The van der Waals surface area contributed by atoms with Crippen molar-refractivity contribution in [2.75, 3.05) is 20.3 Å². The van der Waals surface area contributed by atoms with Gasteiger partial charge >= 0.3 is 5.97 Å². The number of rotatable bonds is 7. The van der Waals surface area contributed by atoms with Gasteiger partial charge in [-0.05, 0) is 41.0 Å². The van der Waals surface area contributed by atoms with E-state index in [1.807, 2.05) is 48.5 Å². The largest absolute Gasteiger partial charge is 0.507 e. The van der Waals surface area contributed by atoms with Crippen molar-refractivity contribution in [3.63, 3.8) is 0 Å². The Balaban J connectivity index is 1.52. The molecule has 0 aliphatic heterocycles. The lowest BCUT2D eigenvalue weighted by Gasteiger charge is -2.10. The van der Waals surface area contributed by atoms with Gasteiger partial charge in [-0.25, -0.2) is 4.79 Å². The van der Waals surface area contributed by atoms with Crippen molar-refractivity contribution >= 4 is 22.6 Å². The molecule has 3 rings (SSSR count). The van der Waals surface area contributed by atoms with Crippen LogP contribution in [0.3, 0.4) is 0 Å². The number of aromatic hydroxyl groups is 1. The quantitative estimate of drug-likeness (QED) is 0.617. The molecule has 3 aromatic rings. The van der Waals surface area contributed by atoms with Gasteiger partial charge in [0.25, 0.3) is 5.91 Å². The van der Waals surface area contributed by atoms with Crippen molar-refractivity contribution < 1.29 is 24.2 Å². The van der Waals surface area contributed by atoms with Crippen molar-refractivity contribution in [3.05, 3.63) is 71.8 Å². The van der Waals surface area contributed by atoms with Gasteiger partial charge in [-0.1, -0.05) is 42.5 Å². The van der Waals surface area contributed by atoms with Crippen molar-refractivity contribution in [2.24, 2.45) is 0 Å². The van der Waals surface area contributed by atoms with Gasteiger partial charge in [-0.15, -0.1) is 0 Å². The lowest BCUT2D eigenvalue weighted by Crippen LogP contribution is -2.30. The first-order chi connectivity index (χ1) is 13.6. The second kappa shape index (κ2) is 8.90. The van der Waals surface area contributed by atoms with E-state index in [4.69, 9.17) is 9.47 Å². The normalized spacial score (nSPS) is 10.5. The van der Waals surface area contributed by atoms with E-state index in [0.29, 0.717) is 13.0 Å². The van der Waals surface area contributed by atoms with E-state index in [9.17, 15) is 14.7 Å². The minimum absolute atomic E-state index is 0.0283. The minimum atomic E-state index is -0.747. The predicted molar refractivity (Wildman–Crippen MR) is 106 cm³/mol. The molecule has 0 bridgehead atoms. The number of carbonyl (C=O) groups is 2. The predicted octanol–water partition coefficient (Wildman–Crippen LogP) is 3.07. The van der Waals surface area contributed by atoms with Crippen LogP contribution in [0.2, 0.25) is 0 Å². The first-order valence-electron chi connectivity index (χ1n) is 8.86. The van der Waals surface area contributed by atoms with Crippen molar-refractivity contribution in [2.45, 2.75) is 6.42 Å². The molecular weight excluding hydrogens is 358 g/mol. The van der Waals surface area contributed by atoms with Crippen LogP contribution in [0.1, 0.15) is 15.9 Å². The molecule has 0 spiro atoms. The average molecular weight is 379 g/mol. The molecule has 6 nitrogen and oxygen atoms in total. The van der Waals surface area contributed by atoms with Crippen LogP contribution in [-0.4, -0.2) is 37.2 Å². The molecule has 28 heavy (non-hydrogen) atoms. The molecule has 0 saturated heterocycles. The molecule has 0 radical (unpaired) electrons. The third kappa shape index (κ3) is 4.59. The highest BCUT2D eigenvalue weighted by molar-refractivity contribution is 5.99. The number of carbonyl (C=O) groups excluding carboxylic acids is 2. The topological polar surface area (TPSA) is 84.9 Å². The minimum Gasteiger partial charge on any atom is -0.507 e. The molecule has 0 atom stereocenters. The number of phenols is 1. The molecule has 0 unspecified atom stereocenters. The van der Waals surface area contributed by atoms with Gasteiger partial charge in [0.15, 0.2) is 6.61 Å². The smallest absolute Gasteiger partial charge is 0.342 e. The summed E-state index contributed by atoms with van der Waals surface area (Å²) in [5, 5.41) is 14.4. The third-order valence-corrected chi connectivity index (χ3v) is 4.33. The zero-order chi connectivity index (χ0) is 19.9. The molecule has 0 heterocycles. The van der Waals surface area contributed by atoms with E-state index < -0.39 is 18.5 Å². The number of hydrogen-bond donors (Lipinski definition) is 2. The number of ether oxygens (including phenoxy) is 2. The molecular formula is C22H21NO5. The number of amides is 1. The second-order valence-corrected chi connectivity index (χ2v) is 6.20. The van der Waals surface area contributed by atoms with Crippen LogP contribution in [0, 0.1) is 0 Å². The number of fused-ring (bicyclic) bond motifs is 1. The fourth-order valence-electron chi connectivity index (χ4n) is 2.90. The fraction of sp³-hybridized carbons (Fsp3) is 0.182. The Hall–Kier alpha value is -3.54. The van der Waals surface area contributed by atoms with E-state index in [-0.39, 0.29) is 11.3 Å². The summed E-state index contributed by atoms with van der Waals surface area (Å²) in [6.07, 6.45) is 0.592. The van der Waals surface area contributed by atoms with Crippen LogP contribution in [0.5, 0.6) is 11.5 Å². The molecule has 0 fully saturated rings. The van der Waals surface area contributed by atoms with Crippen LogP contribution in [0.4, 0.5) is 0 Å². The van der Waals surface area contributed by atoms with Crippen LogP contribution in [-0.2, 0) is 16.0 Å². The highest BCUT2D eigenvalue weighted by Gasteiger charge is 2.15. The Morgan fingerprint density at radius 1 is 1.00 bits per heavy atom. The molecule has 0 aliphatic carbocycles. The molecule has 3 aromatic carbocycles. The monoisotopic (exact) mass is 379 g/mol. The Morgan fingerprint density at radius 2 is 1.68 bits per heavy atom. The van der Waals surface area contributed by atoms with Gasteiger partial charge in [-0.2, -0.15) is 0 Å². The summed E-state index contributed by atoms with van der Waals surface area (Å²) in [7, 11) is 1.60. The summed E-state index contributed by atoms with van der Waals surface area (Å²) in [5.41, 5.74) is 1.00. The zero-order valence-corrected chi connectivity index (χ0v) is 15.5. The van der Waals surface area contributed by atoms with E-state index >= 15 is 0 Å². The fourth-order valence-corrected chi connectivity index (χ4v) is 2.90. The zero-order valence-electron chi connectivity index (χ0n) is 15.5. The molecule has 0 aromatic heterocycles. The Bertz CT molecular complexity index is 999.